The van der Waals surface area contributed by atoms with E-state index in [9.17, 15) is 18.4 Å². The number of ether oxygens (including phenoxy) is 2. The summed E-state index contributed by atoms with van der Waals surface area (Å²) in [6.07, 6.45) is 0. The van der Waals surface area contributed by atoms with Crippen molar-refractivity contribution < 1.29 is 27.8 Å². The highest BCUT2D eigenvalue weighted by atomic mass is 19.1. The first kappa shape index (κ1) is 16.4. The summed E-state index contributed by atoms with van der Waals surface area (Å²) in [7, 11) is 1.23. The van der Waals surface area contributed by atoms with Crippen LogP contribution in [-0.4, -0.2) is 25.6 Å². The summed E-state index contributed by atoms with van der Waals surface area (Å²) in [5.74, 6) is -2.74. The highest BCUT2D eigenvalue weighted by Gasteiger charge is 2.14. The van der Waals surface area contributed by atoms with Crippen LogP contribution in [0.3, 0.4) is 0 Å². The third-order valence-electron chi connectivity index (χ3n) is 2.86. The van der Waals surface area contributed by atoms with Gasteiger partial charge in [0, 0.05) is 6.07 Å². The van der Waals surface area contributed by atoms with Crippen molar-refractivity contribution in [1.29, 1.82) is 0 Å². The molecule has 0 spiro atoms. The van der Waals surface area contributed by atoms with Gasteiger partial charge in [-0.25, -0.2) is 13.6 Å². The molecule has 5 nitrogen and oxygen atoms in total. The SMILES string of the molecule is COC(=O)c1ccccc1OCC(=O)Nc1ccc(F)cc1F. The first-order valence-corrected chi connectivity index (χ1v) is 6.56. The van der Waals surface area contributed by atoms with E-state index in [1.807, 2.05) is 0 Å². The first-order valence-electron chi connectivity index (χ1n) is 6.56. The lowest BCUT2D eigenvalue weighted by Gasteiger charge is -2.10. The zero-order chi connectivity index (χ0) is 16.8. The largest absolute Gasteiger partial charge is 0.483 e. The van der Waals surface area contributed by atoms with Gasteiger partial charge < -0.3 is 14.8 Å². The van der Waals surface area contributed by atoms with E-state index in [4.69, 9.17) is 4.74 Å². The van der Waals surface area contributed by atoms with Crippen LogP contribution in [0, 0.1) is 11.6 Å². The molecule has 2 aromatic rings. The number of para-hydroxylation sites is 1. The van der Waals surface area contributed by atoms with Gasteiger partial charge in [0.25, 0.3) is 5.91 Å². The first-order chi connectivity index (χ1) is 11.0. The molecule has 0 atom stereocenters. The Balaban J connectivity index is 2.01. The minimum Gasteiger partial charge on any atom is -0.483 e. The molecule has 0 unspecified atom stereocenters. The van der Waals surface area contributed by atoms with Crippen LogP contribution >= 0.6 is 0 Å². The van der Waals surface area contributed by atoms with Gasteiger partial charge in [0.1, 0.15) is 22.9 Å². The van der Waals surface area contributed by atoms with E-state index >= 15 is 0 Å². The molecule has 2 rings (SSSR count). The molecule has 7 heteroatoms. The zero-order valence-corrected chi connectivity index (χ0v) is 12.1. The fourth-order valence-corrected chi connectivity index (χ4v) is 1.79. The predicted octanol–water partition coefficient (Wildman–Crippen LogP) is 2.77. The fraction of sp³-hybridized carbons (Fsp3) is 0.125. The molecule has 0 aromatic heterocycles. The van der Waals surface area contributed by atoms with E-state index in [1.54, 1.807) is 12.1 Å². The van der Waals surface area contributed by atoms with Crippen molar-refractivity contribution in [3.63, 3.8) is 0 Å². The molecule has 0 saturated carbocycles. The van der Waals surface area contributed by atoms with E-state index in [0.717, 1.165) is 12.1 Å². The van der Waals surface area contributed by atoms with Crippen molar-refractivity contribution in [2.45, 2.75) is 0 Å². The Morgan fingerprint density at radius 2 is 1.87 bits per heavy atom. The monoisotopic (exact) mass is 321 g/mol. The maximum Gasteiger partial charge on any atom is 0.341 e. The van der Waals surface area contributed by atoms with E-state index in [0.29, 0.717) is 6.07 Å². The standard InChI is InChI=1S/C16H13F2NO4/c1-22-16(21)11-4-2-3-5-14(11)23-9-15(20)19-13-7-6-10(17)8-12(13)18/h2-8H,9H2,1H3,(H,19,20). The number of hydrogen-bond donors (Lipinski definition) is 1. The molecule has 120 valence electrons. The van der Waals surface area contributed by atoms with Gasteiger partial charge in [0.2, 0.25) is 0 Å². The molecule has 1 amide bonds. The number of esters is 1. The summed E-state index contributed by atoms with van der Waals surface area (Å²) < 4.78 is 36.1. The van der Waals surface area contributed by atoms with Crippen LogP contribution < -0.4 is 10.1 Å². The lowest BCUT2D eigenvalue weighted by atomic mass is 10.2. The Hall–Kier alpha value is -2.96. The van der Waals surface area contributed by atoms with E-state index in [1.165, 1.54) is 19.2 Å². The maximum absolute atomic E-state index is 13.4. The van der Waals surface area contributed by atoms with Gasteiger partial charge in [0.05, 0.1) is 12.8 Å². The van der Waals surface area contributed by atoms with Crippen LogP contribution in [0.4, 0.5) is 14.5 Å². The fourth-order valence-electron chi connectivity index (χ4n) is 1.79. The van der Waals surface area contributed by atoms with Crippen molar-refractivity contribution >= 4 is 17.6 Å². The van der Waals surface area contributed by atoms with Crippen molar-refractivity contribution in [1.82, 2.24) is 0 Å². The van der Waals surface area contributed by atoms with Crippen LogP contribution in [0.25, 0.3) is 0 Å². The molecule has 2 aromatic carbocycles. The number of rotatable bonds is 5. The number of carbonyl (C=O) groups excluding carboxylic acids is 2. The van der Waals surface area contributed by atoms with Gasteiger partial charge in [-0.05, 0) is 24.3 Å². The molecule has 0 heterocycles. The van der Waals surface area contributed by atoms with Crippen molar-refractivity contribution in [2.24, 2.45) is 0 Å². The summed E-state index contributed by atoms with van der Waals surface area (Å²) in [5.41, 5.74) is -0.00276. The topological polar surface area (TPSA) is 64.6 Å². The molecule has 23 heavy (non-hydrogen) atoms. The summed E-state index contributed by atoms with van der Waals surface area (Å²) in [6, 6.07) is 9.00. The van der Waals surface area contributed by atoms with Crippen LogP contribution in [-0.2, 0) is 9.53 Å². The number of hydrogen-bond acceptors (Lipinski definition) is 4. The molecule has 1 N–H and O–H groups in total. The summed E-state index contributed by atoms with van der Waals surface area (Å²) >= 11 is 0. The normalized spacial score (nSPS) is 10.0. The van der Waals surface area contributed by atoms with Crippen molar-refractivity contribution in [2.75, 3.05) is 19.0 Å². The Morgan fingerprint density at radius 1 is 1.13 bits per heavy atom. The predicted molar refractivity (Wildman–Crippen MR) is 78.3 cm³/mol. The third-order valence-corrected chi connectivity index (χ3v) is 2.86. The molecule has 0 aliphatic heterocycles. The van der Waals surface area contributed by atoms with Crippen LogP contribution in [0.2, 0.25) is 0 Å². The average molecular weight is 321 g/mol. The van der Waals surface area contributed by atoms with Crippen LogP contribution in [0.1, 0.15) is 10.4 Å². The van der Waals surface area contributed by atoms with Crippen LogP contribution in [0.15, 0.2) is 42.5 Å². The summed E-state index contributed by atoms with van der Waals surface area (Å²) in [4.78, 5) is 23.3. The number of methoxy groups -OCH3 is 1. The second kappa shape index (κ2) is 7.35. The number of benzene rings is 2. The van der Waals surface area contributed by atoms with Gasteiger partial charge in [-0.3, -0.25) is 4.79 Å². The molecule has 0 bridgehead atoms. The molecule has 0 aliphatic rings. The highest BCUT2D eigenvalue weighted by molar-refractivity contribution is 5.94. The Labute approximate surface area is 130 Å². The number of halogens is 2. The molecule has 0 radical (unpaired) electrons. The number of nitrogens with one attached hydrogen (secondary N) is 1. The second-order valence-electron chi connectivity index (χ2n) is 4.45. The van der Waals surface area contributed by atoms with Gasteiger partial charge in [-0.2, -0.15) is 0 Å². The Bertz CT molecular complexity index is 734. The van der Waals surface area contributed by atoms with Gasteiger partial charge >= 0.3 is 5.97 Å². The number of carbonyl (C=O) groups is 2. The average Bonchev–Trinajstić information content (AvgIpc) is 2.55. The summed E-state index contributed by atoms with van der Waals surface area (Å²) in [6.45, 7) is -0.454. The highest BCUT2D eigenvalue weighted by Crippen LogP contribution is 2.19. The molecule has 0 aliphatic carbocycles. The Kier molecular flexibility index (Phi) is 5.24. The van der Waals surface area contributed by atoms with E-state index < -0.39 is 30.1 Å². The molecule has 0 saturated heterocycles. The van der Waals surface area contributed by atoms with E-state index in [-0.39, 0.29) is 17.0 Å². The molecule has 0 fully saturated rings. The van der Waals surface area contributed by atoms with Gasteiger partial charge in [-0.1, -0.05) is 12.1 Å². The lowest BCUT2D eigenvalue weighted by Crippen LogP contribution is -2.21. The minimum atomic E-state index is -0.895. The van der Waals surface area contributed by atoms with Crippen LogP contribution in [0.5, 0.6) is 5.75 Å². The zero-order valence-electron chi connectivity index (χ0n) is 12.1. The Morgan fingerprint density at radius 3 is 2.57 bits per heavy atom. The van der Waals surface area contributed by atoms with Gasteiger partial charge in [-0.15, -0.1) is 0 Å². The quantitative estimate of drug-likeness (QED) is 0.860. The minimum absolute atomic E-state index is 0.161. The molecular formula is C16H13F2NO4. The number of anilines is 1. The van der Waals surface area contributed by atoms with Crippen molar-refractivity contribution in [3.05, 3.63) is 59.7 Å². The molecular weight excluding hydrogens is 308 g/mol. The third kappa shape index (κ3) is 4.26. The number of amides is 1. The van der Waals surface area contributed by atoms with E-state index in [2.05, 4.69) is 10.1 Å². The smallest absolute Gasteiger partial charge is 0.341 e. The lowest BCUT2D eigenvalue weighted by molar-refractivity contribution is -0.118. The van der Waals surface area contributed by atoms with Crippen molar-refractivity contribution in [3.8, 4) is 5.75 Å². The second-order valence-corrected chi connectivity index (χ2v) is 4.45. The maximum atomic E-state index is 13.4. The summed E-state index contributed by atoms with van der Waals surface area (Å²) in [5, 5.41) is 2.25. The van der Waals surface area contributed by atoms with Gasteiger partial charge in [0.15, 0.2) is 6.61 Å².